The fraction of sp³-hybridized carbons (Fsp3) is 0.381. The van der Waals surface area contributed by atoms with Crippen LogP contribution in [0.25, 0.3) is 11.1 Å². The summed E-state index contributed by atoms with van der Waals surface area (Å²) in [5.74, 6) is 0.127. The highest BCUT2D eigenvalue weighted by atomic mass is 79.9. The van der Waals surface area contributed by atoms with E-state index in [9.17, 15) is 9.59 Å². The second-order valence-electron chi connectivity index (χ2n) is 17.1. The topological polar surface area (TPSA) is 83.6 Å². The largest absolute Gasteiger partial charge is 0.289 e. The second kappa shape index (κ2) is 15.4. The van der Waals surface area contributed by atoms with Gasteiger partial charge >= 0.3 is 0 Å². The molecule has 0 aliphatic heterocycles. The molecule has 0 N–H and O–H groups in total. The minimum atomic E-state index is -0.322. The zero-order valence-electron chi connectivity index (χ0n) is 31.9. The van der Waals surface area contributed by atoms with Gasteiger partial charge in [-0.25, -0.2) is 0 Å². The van der Waals surface area contributed by atoms with Crippen molar-refractivity contribution in [3.05, 3.63) is 113 Å². The van der Waals surface area contributed by atoms with Crippen LogP contribution in [0.3, 0.4) is 0 Å². The normalized spacial score (nSPS) is 16.4. The van der Waals surface area contributed by atoms with Crippen LogP contribution in [-0.2, 0) is 9.59 Å². The summed E-state index contributed by atoms with van der Waals surface area (Å²) in [7, 11) is 0. The molecule has 0 spiro atoms. The molecule has 6 nitrogen and oxygen atoms in total. The molecule has 52 heavy (non-hydrogen) atoms. The Hall–Kier alpha value is -3.04. The third-order valence-electron chi connectivity index (χ3n) is 8.56. The Kier molecular flexibility index (Phi) is 12.3. The second-order valence-corrected chi connectivity index (χ2v) is 19.7. The van der Waals surface area contributed by atoms with E-state index in [1.165, 1.54) is 0 Å². The van der Waals surface area contributed by atoms with Gasteiger partial charge in [-0.2, -0.15) is 10.2 Å². The number of rotatable bonds is 5. The van der Waals surface area contributed by atoms with Crippen LogP contribution < -0.4 is 0 Å². The van der Waals surface area contributed by atoms with Gasteiger partial charge in [0.05, 0.1) is 22.4 Å². The summed E-state index contributed by atoms with van der Waals surface area (Å²) in [6.07, 6.45) is 10.8. The number of halogens is 4. The third-order valence-corrected chi connectivity index (χ3v) is 10.5. The average Bonchev–Trinajstić information content (AvgIpc) is 2.99. The van der Waals surface area contributed by atoms with Crippen LogP contribution in [-0.4, -0.2) is 11.6 Å². The van der Waals surface area contributed by atoms with E-state index in [1.54, 1.807) is 36.7 Å². The number of hydrogen-bond donors (Lipinski definition) is 0. The van der Waals surface area contributed by atoms with Gasteiger partial charge < -0.3 is 0 Å². The quantitative estimate of drug-likeness (QED) is 0.280. The first kappa shape index (κ1) is 41.7. The van der Waals surface area contributed by atoms with Crippen molar-refractivity contribution in [3.63, 3.8) is 0 Å². The van der Waals surface area contributed by atoms with E-state index >= 15 is 0 Å². The smallest absolute Gasteiger partial charge is 0.186 e. The number of allylic oxidation sites excluding steroid dienone is 10. The van der Waals surface area contributed by atoms with E-state index in [0.29, 0.717) is 21.4 Å². The molecule has 0 unspecified atom stereocenters. The van der Waals surface area contributed by atoms with E-state index in [-0.39, 0.29) is 33.2 Å². The lowest BCUT2D eigenvalue weighted by atomic mass is 9.72. The highest BCUT2D eigenvalue weighted by Gasteiger charge is 2.35. The van der Waals surface area contributed by atoms with E-state index in [1.807, 2.05) is 107 Å². The van der Waals surface area contributed by atoms with Crippen molar-refractivity contribution in [2.45, 2.75) is 83.1 Å². The van der Waals surface area contributed by atoms with Gasteiger partial charge in [-0.1, -0.05) is 138 Å². The van der Waals surface area contributed by atoms with E-state index in [0.717, 1.165) is 53.5 Å². The Morgan fingerprint density at radius 2 is 0.769 bits per heavy atom. The fourth-order valence-electron chi connectivity index (χ4n) is 5.63. The number of benzene rings is 2. The maximum Gasteiger partial charge on any atom is 0.186 e. The van der Waals surface area contributed by atoms with Crippen LogP contribution in [0, 0.1) is 21.7 Å². The molecule has 2 aliphatic carbocycles. The summed E-state index contributed by atoms with van der Waals surface area (Å²) < 4.78 is 1.47. The molecule has 2 aliphatic rings. The van der Waals surface area contributed by atoms with Crippen molar-refractivity contribution in [2.75, 3.05) is 0 Å². The van der Waals surface area contributed by atoms with Crippen molar-refractivity contribution in [2.24, 2.45) is 42.1 Å². The molecule has 0 atom stereocenters. The van der Waals surface area contributed by atoms with Crippen molar-refractivity contribution in [1.82, 2.24) is 0 Å². The molecule has 4 rings (SSSR count). The lowest BCUT2D eigenvalue weighted by Gasteiger charge is -2.31. The van der Waals surface area contributed by atoms with Crippen LogP contribution in [0.15, 0.2) is 124 Å². The molecule has 0 aromatic heterocycles. The zero-order chi connectivity index (χ0) is 39.1. The maximum absolute atomic E-state index is 13.3. The number of azo groups is 2. The predicted molar refractivity (Wildman–Crippen MR) is 223 cm³/mol. The minimum absolute atomic E-state index is 0.0637. The van der Waals surface area contributed by atoms with Gasteiger partial charge in [-0.3, -0.25) is 9.59 Å². The molecule has 10 heteroatoms. The zero-order valence-corrected chi connectivity index (χ0v) is 36.6. The van der Waals surface area contributed by atoms with Crippen LogP contribution in [0.5, 0.6) is 0 Å². The van der Waals surface area contributed by atoms with E-state index in [2.05, 4.69) is 52.3 Å². The molecule has 0 heterocycles. The molecule has 2 aromatic rings. The number of hydrogen-bond acceptors (Lipinski definition) is 6. The summed E-state index contributed by atoms with van der Waals surface area (Å²) in [4.78, 5) is 26.5. The first-order valence-corrected chi connectivity index (χ1v) is 19.3. The predicted octanol–water partition coefficient (Wildman–Crippen LogP) is 15.2. The molecule has 0 fully saturated rings. The van der Waals surface area contributed by atoms with Crippen molar-refractivity contribution in [1.29, 1.82) is 0 Å². The highest BCUT2D eigenvalue weighted by Crippen LogP contribution is 2.44. The first-order chi connectivity index (χ1) is 23.8. The van der Waals surface area contributed by atoms with Crippen molar-refractivity contribution < 1.29 is 9.59 Å². The number of carbonyl (C=O) groups is 2. The molecule has 0 saturated heterocycles. The van der Waals surface area contributed by atoms with Gasteiger partial charge in [0.25, 0.3) is 0 Å². The molecule has 0 bridgehead atoms. The van der Waals surface area contributed by atoms with E-state index in [4.69, 9.17) is 23.2 Å². The Morgan fingerprint density at radius 3 is 1.02 bits per heavy atom. The number of carbonyl (C=O) groups excluding carboxylic acids is 2. The Labute approximate surface area is 335 Å². The minimum Gasteiger partial charge on any atom is -0.289 e. The molecule has 0 saturated carbocycles. The van der Waals surface area contributed by atoms with Gasteiger partial charge in [0, 0.05) is 31.2 Å². The van der Waals surface area contributed by atoms with Crippen LogP contribution in [0.2, 0.25) is 10.0 Å². The SMILES string of the molecule is CC(C)(C)C1=CC(=C/N=N/c2cc(Br)c(-c3cc(Cl)c(/N=N/C=C4C=C(C(C)(C)C)C(=O)C(C(C)(C)C)=C4)cc3Br)cc2Cl)C=C(C(C)(C)C)C1=O. The van der Waals surface area contributed by atoms with Gasteiger partial charge in [0.2, 0.25) is 0 Å². The monoisotopic (exact) mass is 866 g/mol. The number of ketones is 2. The molecule has 2 aromatic carbocycles. The van der Waals surface area contributed by atoms with Crippen molar-refractivity contribution in [3.8, 4) is 11.1 Å². The highest BCUT2D eigenvalue weighted by molar-refractivity contribution is 9.11. The molecular formula is C42H46Br2Cl2N4O2. The summed E-state index contributed by atoms with van der Waals surface area (Å²) in [6.45, 7) is 24.4. The Balaban J connectivity index is 1.63. The van der Waals surface area contributed by atoms with Crippen molar-refractivity contribution >= 4 is 78.0 Å². The Morgan fingerprint density at radius 1 is 0.500 bits per heavy atom. The van der Waals surface area contributed by atoms with Crippen LogP contribution in [0.1, 0.15) is 83.1 Å². The molecule has 0 radical (unpaired) electrons. The first-order valence-electron chi connectivity index (χ1n) is 17.0. The lowest BCUT2D eigenvalue weighted by Crippen LogP contribution is -2.27. The average molecular weight is 870 g/mol. The number of nitrogens with zero attached hydrogens (tertiary/aromatic N) is 4. The maximum atomic E-state index is 13.3. The standard InChI is InChI=1S/C42H46Br2Cl2N4O2/c1-39(2,3)27-13-23(14-28(37(27)51)40(4,5)6)21-47-49-35-19-31(43)25(17-33(35)45)26-18-34(46)36(20-32(26)44)50-48-22-24-15-29(41(7,8)9)38(52)30(16-24)42(10,11)12/h13-22H,1-12H3/b49-47+,50-48+. The van der Waals surface area contributed by atoms with Gasteiger partial charge in [0.1, 0.15) is 11.4 Å². The molecule has 0 amide bonds. The summed E-state index contributed by atoms with van der Waals surface area (Å²) in [5.41, 5.74) is 5.76. The van der Waals surface area contributed by atoms with Crippen LogP contribution in [0.4, 0.5) is 11.4 Å². The summed E-state index contributed by atoms with van der Waals surface area (Å²) in [6, 6.07) is 7.19. The molecule has 274 valence electrons. The third kappa shape index (κ3) is 9.73. The van der Waals surface area contributed by atoms with Gasteiger partial charge in [-0.15, -0.1) is 10.2 Å². The lowest BCUT2D eigenvalue weighted by molar-refractivity contribution is -0.114. The van der Waals surface area contributed by atoms with Crippen LogP contribution >= 0.6 is 55.1 Å². The van der Waals surface area contributed by atoms with Gasteiger partial charge in [0.15, 0.2) is 11.6 Å². The fourth-order valence-corrected chi connectivity index (χ4v) is 7.13. The van der Waals surface area contributed by atoms with E-state index < -0.39 is 0 Å². The van der Waals surface area contributed by atoms with Gasteiger partial charge in [-0.05, 0) is 92.5 Å². The Bertz CT molecular complexity index is 1870. The summed E-state index contributed by atoms with van der Waals surface area (Å²) in [5, 5.41) is 18.3. The summed E-state index contributed by atoms with van der Waals surface area (Å²) >= 11 is 20.8. The number of Topliss-reactive ketones (excluding diaryl/α,β-unsaturated/α-hetero) is 2. The molecular weight excluding hydrogens is 823 g/mol.